The predicted molar refractivity (Wildman–Crippen MR) is 149 cm³/mol. The smallest absolute Gasteiger partial charge is 0.334 e. The van der Waals surface area contributed by atoms with Crippen molar-refractivity contribution in [2.24, 2.45) is 0 Å². The van der Waals surface area contributed by atoms with Gasteiger partial charge in [-0.15, -0.1) is 0 Å². The molecular weight excluding hydrogens is 494 g/mol. The molecule has 5 rings (SSSR count). The summed E-state index contributed by atoms with van der Waals surface area (Å²) < 4.78 is 6.43. The molecule has 1 aromatic heterocycles. The molecule has 0 spiro atoms. The molecule has 202 valence electrons. The Balaban J connectivity index is 1.86. The first kappa shape index (κ1) is 26.5. The average Bonchev–Trinajstić information content (AvgIpc) is 2.91. The van der Waals surface area contributed by atoms with Crippen LogP contribution in [-0.4, -0.2) is 33.1 Å². The second-order valence-corrected chi connectivity index (χ2v) is 10.8. The number of carboxylic acids is 2. The van der Waals surface area contributed by atoms with Crippen molar-refractivity contribution in [2.75, 3.05) is 0 Å². The lowest BCUT2D eigenvalue weighted by atomic mass is 9.66. The van der Waals surface area contributed by atoms with E-state index in [0.717, 1.165) is 32.1 Å². The van der Waals surface area contributed by atoms with Gasteiger partial charge in [-0.1, -0.05) is 61.7 Å². The summed E-state index contributed by atoms with van der Waals surface area (Å²) in [6.07, 6.45) is 4.88. The van der Waals surface area contributed by atoms with Gasteiger partial charge < -0.3 is 19.5 Å². The molecule has 2 N–H and O–H groups in total. The summed E-state index contributed by atoms with van der Waals surface area (Å²) in [5.74, 6) is -2.02. The van der Waals surface area contributed by atoms with Gasteiger partial charge in [-0.2, -0.15) is 0 Å². The van der Waals surface area contributed by atoms with Crippen molar-refractivity contribution in [1.29, 1.82) is 0 Å². The van der Waals surface area contributed by atoms with Crippen LogP contribution in [0.3, 0.4) is 0 Å². The summed E-state index contributed by atoms with van der Waals surface area (Å²) in [5.41, 5.74) is 0.842. The predicted octanol–water partition coefficient (Wildman–Crippen LogP) is 6.39. The van der Waals surface area contributed by atoms with Gasteiger partial charge in [-0.25, -0.2) is 9.59 Å². The molecule has 0 bridgehead atoms. The Bertz CT molecular complexity index is 1570. The number of hydrogen-bond acceptors (Lipinski definition) is 5. The van der Waals surface area contributed by atoms with Crippen LogP contribution in [0.5, 0.6) is 0 Å². The normalized spacial score (nSPS) is 18.1. The van der Waals surface area contributed by atoms with Crippen LogP contribution >= 0.6 is 0 Å². The highest BCUT2D eigenvalue weighted by atomic mass is 16.4. The standard InChI is InChI=1S/C32H33NO6/c1-18-27(34)23-16-11-17-24(29(23)39-28(18)21-12-7-5-8-13-21)32(4)25(30(35)36)19(2)33(20(3)26(32)31(37)38)22-14-9-6-10-15-22/h5,7-8,11-13,16-17,22H,6,9-10,14-15H2,1-4H3,(H,35,36)(H,37,38). The largest absolute Gasteiger partial charge is 0.478 e. The lowest BCUT2D eigenvalue weighted by molar-refractivity contribution is -0.134. The van der Waals surface area contributed by atoms with Crippen molar-refractivity contribution in [2.45, 2.75) is 71.3 Å². The third kappa shape index (κ3) is 4.08. The summed E-state index contributed by atoms with van der Waals surface area (Å²) in [6, 6.07) is 14.2. The molecule has 0 amide bonds. The lowest BCUT2D eigenvalue weighted by Crippen LogP contribution is -2.47. The summed E-state index contributed by atoms with van der Waals surface area (Å²) in [7, 11) is 0. The van der Waals surface area contributed by atoms with E-state index in [4.69, 9.17) is 4.42 Å². The minimum absolute atomic E-state index is 0.0203. The van der Waals surface area contributed by atoms with E-state index in [9.17, 15) is 24.6 Å². The average molecular weight is 528 g/mol. The maximum atomic E-state index is 13.6. The number of allylic oxidation sites excluding steroid dienone is 2. The highest BCUT2D eigenvalue weighted by Crippen LogP contribution is 2.50. The van der Waals surface area contributed by atoms with Gasteiger partial charge in [-0.3, -0.25) is 4.79 Å². The zero-order valence-electron chi connectivity index (χ0n) is 22.7. The molecule has 7 nitrogen and oxygen atoms in total. The zero-order valence-corrected chi connectivity index (χ0v) is 22.7. The third-order valence-corrected chi connectivity index (χ3v) is 8.53. The molecule has 1 aliphatic heterocycles. The first-order chi connectivity index (χ1) is 18.6. The number of rotatable bonds is 5. The molecule has 1 aliphatic carbocycles. The van der Waals surface area contributed by atoms with Gasteiger partial charge in [0, 0.05) is 34.1 Å². The lowest BCUT2D eigenvalue weighted by Gasteiger charge is -2.46. The zero-order chi connectivity index (χ0) is 28.1. The monoisotopic (exact) mass is 527 g/mol. The van der Waals surface area contributed by atoms with Gasteiger partial charge in [0.2, 0.25) is 0 Å². The number of para-hydroxylation sites is 1. The van der Waals surface area contributed by atoms with Crippen LogP contribution in [0, 0.1) is 6.92 Å². The van der Waals surface area contributed by atoms with Gasteiger partial charge in [0.1, 0.15) is 11.3 Å². The summed E-state index contributed by atoms with van der Waals surface area (Å²) in [6.45, 7) is 6.85. The van der Waals surface area contributed by atoms with E-state index in [1.165, 1.54) is 0 Å². The minimum Gasteiger partial charge on any atom is -0.478 e. The number of benzene rings is 2. The molecule has 1 saturated carbocycles. The number of hydrogen-bond donors (Lipinski definition) is 2. The van der Waals surface area contributed by atoms with Crippen LogP contribution in [0.25, 0.3) is 22.3 Å². The maximum Gasteiger partial charge on any atom is 0.334 e. The van der Waals surface area contributed by atoms with E-state index in [1.54, 1.807) is 45.9 Å². The Labute approximate surface area is 227 Å². The highest BCUT2D eigenvalue weighted by Gasteiger charge is 2.51. The first-order valence-electron chi connectivity index (χ1n) is 13.4. The third-order valence-electron chi connectivity index (χ3n) is 8.53. The Morgan fingerprint density at radius 3 is 2.03 bits per heavy atom. The summed E-state index contributed by atoms with van der Waals surface area (Å²) in [4.78, 5) is 41.5. The van der Waals surface area contributed by atoms with Crippen molar-refractivity contribution in [3.05, 3.63) is 92.4 Å². The Kier molecular flexibility index (Phi) is 6.70. The van der Waals surface area contributed by atoms with Gasteiger partial charge in [0.25, 0.3) is 0 Å². The van der Waals surface area contributed by atoms with Gasteiger partial charge in [-0.05, 0) is 46.6 Å². The fraction of sp³-hybridized carbons (Fsp3) is 0.344. The number of nitrogens with zero attached hydrogens (tertiary/aromatic N) is 1. The van der Waals surface area contributed by atoms with Crippen molar-refractivity contribution < 1.29 is 24.2 Å². The second-order valence-electron chi connectivity index (χ2n) is 10.8. The van der Waals surface area contributed by atoms with Crippen molar-refractivity contribution in [3.63, 3.8) is 0 Å². The van der Waals surface area contributed by atoms with E-state index in [2.05, 4.69) is 0 Å². The summed E-state index contributed by atoms with van der Waals surface area (Å²) in [5, 5.41) is 21.5. The Morgan fingerprint density at radius 2 is 1.46 bits per heavy atom. The van der Waals surface area contributed by atoms with Crippen molar-refractivity contribution in [3.8, 4) is 11.3 Å². The fourth-order valence-electron chi connectivity index (χ4n) is 6.80. The number of fused-ring (bicyclic) bond motifs is 1. The Morgan fingerprint density at radius 1 is 0.872 bits per heavy atom. The second kappa shape index (κ2) is 9.88. The van der Waals surface area contributed by atoms with Crippen LogP contribution < -0.4 is 5.43 Å². The van der Waals surface area contributed by atoms with Crippen LogP contribution in [0.2, 0.25) is 0 Å². The van der Waals surface area contributed by atoms with Gasteiger partial charge in [0.15, 0.2) is 5.43 Å². The topological polar surface area (TPSA) is 108 Å². The molecule has 0 unspecified atom stereocenters. The number of carboxylic acid groups (broad SMARTS) is 2. The fourth-order valence-corrected chi connectivity index (χ4v) is 6.80. The van der Waals surface area contributed by atoms with Crippen molar-refractivity contribution >= 4 is 22.9 Å². The Hall–Kier alpha value is -4.13. The molecule has 2 aliphatic rings. The molecule has 2 aromatic carbocycles. The summed E-state index contributed by atoms with van der Waals surface area (Å²) >= 11 is 0. The van der Waals surface area contributed by atoms with E-state index >= 15 is 0 Å². The van der Waals surface area contributed by atoms with Crippen LogP contribution in [0.4, 0.5) is 0 Å². The maximum absolute atomic E-state index is 13.6. The molecule has 3 aromatic rings. The van der Waals surface area contributed by atoms with Gasteiger partial charge in [0.05, 0.1) is 21.9 Å². The molecule has 7 heteroatoms. The van der Waals surface area contributed by atoms with Gasteiger partial charge >= 0.3 is 11.9 Å². The van der Waals surface area contributed by atoms with E-state index in [-0.39, 0.29) is 33.6 Å². The van der Waals surface area contributed by atoms with E-state index < -0.39 is 17.4 Å². The minimum atomic E-state index is -1.59. The molecule has 1 fully saturated rings. The van der Waals surface area contributed by atoms with Crippen LogP contribution in [0.15, 0.2) is 80.3 Å². The van der Waals surface area contributed by atoms with E-state index in [0.29, 0.717) is 33.8 Å². The highest BCUT2D eigenvalue weighted by molar-refractivity contribution is 6.02. The van der Waals surface area contributed by atoms with E-state index in [1.807, 2.05) is 35.2 Å². The molecule has 0 radical (unpaired) electrons. The SMILES string of the molecule is CC1=C(C(=O)O)C(C)(c2cccc3c(=O)c(C)c(-c4ccccc4)oc23)C(C(=O)O)=C(C)N1C1CCCCC1. The molecule has 2 heterocycles. The molecule has 39 heavy (non-hydrogen) atoms. The molecular formula is C32H33NO6. The number of aliphatic carboxylic acids is 2. The molecule has 0 saturated heterocycles. The van der Waals surface area contributed by atoms with Crippen molar-refractivity contribution in [1.82, 2.24) is 4.90 Å². The number of carbonyl (C=O) groups is 2. The quantitative estimate of drug-likeness (QED) is 0.396. The first-order valence-corrected chi connectivity index (χ1v) is 13.4. The molecule has 0 atom stereocenters. The van der Waals surface area contributed by atoms with Crippen LogP contribution in [-0.2, 0) is 15.0 Å². The van der Waals surface area contributed by atoms with Crippen LogP contribution in [0.1, 0.15) is 64.0 Å².